The third-order valence-electron chi connectivity index (χ3n) is 3.58. The van der Waals surface area contributed by atoms with Crippen LogP contribution in [0.4, 0.5) is 8.78 Å². The molecule has 0 radical (unpaired) electrons. The second kappa shape index (κ2) is 6.64. The van der Waals surface area contributed by atoms with Crippen molar-refractivity contribution in [3.63, 3.8) is 0 Å². The highest BCUT2D eigenvalue weighted by molar-refractivity contribution is 5.99. The van der Waals surface area contributed by atoms with E-state index in [0.717, 1.165) is 18.2 Å². The third-order valence-corrected chi connectivity index (χ3v) is 3.58. The van der Waals surface area contributed by atoms with Crippen LogP contribution in [0.25, 0.3) is 16.7 Å². The van der Waals surface area contributed by atoms with Crippen molar-refractivity contribution in [3.05, 3.63) is 93.1 Å². The molecule has 5 nitrogen and oxygen atoms in total. The topological polar surface area (TPSA) is 83.2 Å². The molecule has 0 aliphatic rings. The maximum Gasteiger partial charge on any atom is 0.267 e. The first-order chi connectivity index (χ1) is 11.9. The summed E-state index contributed by atoms with van der Waals surface area (Å²) in [4.78, 5) is 12.0. The highest BCUT2D eigenvalue weighted by atomic mass is 19.1. The minimum Gasteiger partial charge on any atom is -0.494 e. The summed E-state index contributed by atoms with van der Waals surface area (Å²) >= 11 is 0. The lowest BCUT2D eigenvalue weighted by Crippen LogP contribution is -2.23. The van der Waals surface area contributed by atoms with Crippen LogP contribution in [-0.4, -0.2) is 15.6 Å². The van der Waals surface area contributed by atoms with Gasteiger partial charge in [-0.2, -0.15) is 5.10 Å². The third kappa shape index (κ3) is 3.77. The molecule has 3 aromatic rings. The van der Waals surface area contributed by atoms with Crippen molar-refractivity contribution in [1.82, 2.24) is 9.78 Å². The Morgan fingerprint density at radius 2 is 1.80 bits per heavy atom. The number of nitrogens with two attached hydrogens (primary N) is 1. The van der Waals surface area contributed by atoms with E-state index >= 15 is 0 Å². The van der Waals surface area contributed by atoms with E-state index in [1.54, 1.807) is 24.3 Å². The zero-order chi connectivity index (χ0) is 18.0. The highest BCUT2D eigenvalue weighted by Crippen LogP contribution is 2.18. The summed E-state index contributed by atoms with van der Waals surface area (Å²) in [5, 5.41) is 13.5. The zero-order valence-corrected chi connectivity index (χ0v) is 13.0. The van der Waals surface area contributed by atoms with Gasteiger partial charge in [0.15, 0.2) is 0 Å². The van der Waals surface area contributed by atoms with Crippen molar-refractivity contribution < 1.29 is 8.78 Å². The predicted octanol–water partition coefficient (Wildman–Crippen LogP) is 2.51. The Morgan fingerprint density at radius 3 is 2.48 bits per heavy atom. The van der Waals surface area contributed by atoms with Crippen LogP contribution >= 0.6 is 0 Å². The maximum absolute atomic E-state index is 13.4. The Morgan fingerprint density at radius 1 is 1.08 bits per heavy atom. The Labute approximate surface area is 141 Å². The molecule has 7 heteroatoms. The first kappa shape index (κ1) is 16.5. The van der Waals surface area contributed by atoms with Gasteiger partial charge in [-0.25, -0.2) is 13.5 Å². The molecule has 0 aliphatic heterocycles. The fraction of sp³-hybridized carbons (Fsp3) is 0.0556. The molecule has 1 heterocycles. The fourth-order valence-corrected chi connectivity index (χ4v) is 2.42. The molecule has 0 bridgehead atoms. The number of hydrogen-bond acceptors (Lipinski definition) is 2. The highest BCUT2D eigenvalue weighted by Gasteiger charge is 2.08. The molecule has 1 aromatic heterocycles. The van der Waals surface area contributed by atoms with Gasteiger partial charge in [0.05, 0.1) is 12.2 Å². The van der Waals surface area contributed by atoms with E-state index in [1.807, 2.05) is 0 Å². The van der Waals surface area contributed by atoms with Crippen LogP contribution in [0.3, 0.4) is 0 Å². The lowest BCUT2D eigenvalue weighted by molar-refractivity contribution is 0.583. The normalized spacial score (nSPS) is 10.6. The number of halogens is 2. The average Bonchev–Trinajstić information content (AvgIpc) is 2.56. The minimum absolute atomic E-state index is 0.117. The molecule has 0 saturated carbocycles. The van der Waals surface area contributed by atoms with Crippen molar-refractivity contribution in [2.75, 3.05) is 0 Å². The van der Waals surface area contributed by atoms with Crippen molar-refractivity contribution in [2.24, 2.45) is 5.73 Å². The van der Waals surface area contributed by atoms with E-state index in [2.05, 4.69) is 5.10 Å². The zero-order valence-electron chi connectivity index (χ0n) is 13.0. The molecule has 0 atom stereocenters. The Hall–Kier alpha value is -3.35. The van der Waals surface area contributed by atoms with Gasteiger partial charge in [0.1, 0.15) is 11.6 Å². The summed E-state index contributed by atoms with van der Waals surface area (Å²) in [7, 11) is 0. The van der Waals surface area contributed by atoms with E-state index in [0.29, 0.717) is 11.1 Å². The first-order valence-electron chi connectivity index (χ1n) is 7.38. The second-order valence-corrected chi connectivity index (χ2v) is 5.46. The molecule has 0 amide bonds. The van der Waals surface area contributed by atoms with Gasteiger partial charge in [0.25, 0.3) is 5.56 Å². The predicted molar refractivity (Wildman–Crippen MR) is 91.0 cm³/mol. The van der Waals surface area contributed by atoms with Crippen molar-refractivity contribution in [2.45, 2.75) is 6.54 Å². The van der Waals surface area contributed by atoms with Gasteiger partial charge in [-0.15, -0.1) is 0 Å². The van der Waals surface area contributed by atoms with Crippen molar-refractivity contribution >= 4 is 5.84 Å². The van der Waals surface area contributed by atoms with E-state index in [1.165, 1.54) is 16.8 Å². The summed E-state index contributed by atoms with van der Waals surface area (Å²) in [6, 6.07) is 12.4. The van der Waals surface area contributed by atoms with Crippen LogP contribution in [0.15, 0.2) is 59.4 Å². The molecule has 126 valence electrons. The Bertz CT molecular complexity index is 994. The molecule has 2 N–H and O–H groups in total. The monoisotopic (exact) mass is 339 g/mol. The lowest BCUT2D eigenvalue weighted by atomic mass is 10.1. The van der Waals surface area contributed by atoms with Crippen LogP contribution in [0.5, 0.6) is 0 Å². The Kier molecular flexibility index (Phi) is 4.38. The summed E-state index contributed by atoms with van der Waals surface area (Å²) in [6.07, 6.45) is 0. The molecular formula is C18H13F2N4O-. The summed E-state index contributed by atoms with van der Waals surface area (Å²) in [6.45, 7) is 0.117. The molecule has 0 spiro atoms. The number of aromatic nitrogens is 2. The van der Waals surface area contributed by atoms with Gasteiger partial charge in [0.2, 0.25) is 0 Å². The van der Waals surface area contributed by atoms with Crippen LogP contribution in [0, 0.1) is 11.6 Å². The standard InChI is InChI=1S/C18H13F2N4O/c19-14-7-13(8-15(20)9-14)16-4-5-17(25)24(23-16)10-11-2-1-3-12(6-11)18(21)22/h1-9H,10H2,(H2-,21,22)/q-1. The molecule has 3 rings (SSSR count). The number of hydrogen-bond donors (Lipinski definition) is 1. The molecule has 0 saturated heterocycles. The van der Waals surface area contributed by atoms with Crippen molar-refractivity contribution in [3.8, 4) is 11.3 Å². The number of benzene rings is 2. The average molecular weight is 339 g/mol. The van der Waals surface area contributed by atoms with Gasteiger partial charge < -0.3 is 11.1 Å². The molecule has 0 fully saturated rings. The van der Waals surface area contributed by atoms with E-state index in [-0.39, 0.29) is 29.2 Å². The molecular weight excluding hydrogens is 326 g/mol. The second-order valence-electron chi connectivity index (χ2n) is 5.46. The SMILES string of the molecule is [N-]=C(N)c1cccc(Cn2nc(-c3cc(F)cc(F)c3)ccc2=O)c1. The van der Waals surface area contributed by atoms with Crippen molar-refractivity contribution in [1.29, 1.82) is 0 Å². The lowest BCUT2D eigenvalue weighted by Gasteiger charge is -2.10. The summed E-state index contributed by atoms with van der Waals surface area (Å²) in [5.41, 5.74) is 6.59. The molecule has 2 aromatic carbocycles. The van der Waals surface area contributed by atoms with E-state index < -0.39 is 11.6 Å². The maximum atomic E-state index is 13.4. The van der Waals surface area contributed by atoms with Crippen LogP contribution in [0.2, 0.25) is 0 Å². The van der Waals surface area contributed by atoms with Gasteiger partial charge in [-0.3, -0.25) is 4.79 Å². The molecule has 0 unspecified atom stereocenters. The largest absolute Gasteiger partial charge is 0.494 e. The number of amidine groups is 1. The van der Waals surface area contributed by atoms with E-state index in [9.17, 15) is 19.0 Å². The fourth-order valence-electron chi connectivity index (χ4n) is 2.42. The van der Waals surface area contributed by atoms with Gasteiger partial charge in [-0.1, -0.05) is 30.1 Å². The van der Waals surface area contributed by atoms with Gasteiger partial charge in [0, 0.05) is 17.7 Å². The number of rotatable bonds is 4. The number of nitrogens with zero attached hydrogens (tertiary/aromatic N) is 3. The quantitative estimate of drug-likeness (QED) is 0.585. The van der Waals surface area contributed by atoms with E-state index in [4.69, 9.17) is 5.73 Å². The van der Waals surface area contributed by atoms with Crippen LogP contribution in [0.1, 0.15) is 11.1 Å². The molecule has 25 heavy (non-hydrogen) atoms. The first-order valence-corrected chi connectivity index (χ1v) is 7.38. The molecule has 0 aliphatic carbocycles. The Balaban J connectivity index is 1.99. The van der Waals surface area contributed by atoms with Crippen LogP contribution in [-0.2, 0) is 6.54 Å². The summed E-state index contributed by atoms with van der Waals surface area (Å²) in [5.74, 6) is -1.78. The summed E-state index contributed by atoms with van der Waals surface area (Å²) < 4.78 is 27.9. The smallest absolute Gasteiger partial charge is 0.267 e. The minimum atomic E-state index is -0.726. The van der Waals surface area contributed by atoms with Gasteiger partial charge >= 0.3 is 0 Å². The van der Waals surface area contributed by atoms with Crippen LogP contribution < -0.4 is 11.3 Å². The van der Waals surface area contributed by atoms with Gasteiger partial charge in [-0.05, 0) is 29.3 Å².